The van der Waals surface area contributed by atoms with Gasteiger partial charge in [-0.05, 0) is 67.5 Å². The van der Waals surface area contributed by atoms with Crippen LogP contribution in [0.4, 0.5) is 0 Å². The summed E-state index contributed by atoms with van der Waals surface area (Å²) in [4.78, 5) is 26.0. The zero-order valence-corrected chi connectivity index (χ0v) is 22.0. The van der Waals surface area contributed by atoms with Crippen LogP contribution >= 0.6 is 46.0 Å². The highest BCUT2D eigenvalue weighted by molar-refractivity contribution is 7.98. The third-order valence-electron chi connectivity index (χ3n) is 6.38. The van der Waals surface area contributed by atoms with Crippen molar-refractivity contribution in [3.05, 3.63) is 78.9 Å². The molecule has 172 valence electrons. The van der Waals surface area contributed by atoms with E-state index in [1.807, 2.05) is 43.3 Å². The number of hydrogen-bond acceptors (Lipinski definition) is 6. The number of fused-ring (bicyclic) bond motifs is 4. The second-order valence-electron chi connectivity index (χ2n) is 8.86. The Morgan fingerprint density at radius 2 is 2.03 bits per heavy atom. The summed E-state index contributed by atoms with van der Waals surface area (Å²) in [5.74, 6) is 1.30. The Labute approximate surface area is 214 Å². The molecular formula is C26H22ClN3OS3. The maximum Gasteiger partial charge on any atom is 0.267 e. The van der Waals surface area contributed by atoms with Crippen molar-refractivity contribution in [3.63, 3.8) is 0 Å². The van der Waals surface area contributed by atoms with Gasteiger partial charge in [0, 0.05) is 9.90 Å². The number of thioether (sulfide) groups is 1. The zero-order valence-electron chi connectivity index (χ0n) is 18.8. The van der Waals surface area contributed by atoms with Crippen molar-refractivity contribution < 1.29 is 0 Å². The summed E-state index contributed by atoms with van der Waals surface area (Å²) in [6.45, 7) is 4.25. The van der Waals surface area contributed by atoms with Gasteiger partial charge in [0.25, 0.3) is 5.56 Å². The maximum absolute atomic E-state index is 14.0. The quantitative estimate of drug-likeness (QED) is 0.181. The highest BCUT2D eigenvalue weighted by atomic mass is 35.5. The molecule has 1 aliphatic carbocycles. The van der Waals surface area contributed by atoms with Crippen molar-refractivity contribution in [1.29, 1.82) is 0 Å². The molecule has 0 aliphatic heterocycles. The predicted molar refractivity (Wildman–Crippen MR) is 145 cm³/mol. The smallest absolute Gasteiger partial charge is 0.267 e. The fraction of sp³-hybridized carbons (Fsp3) is 0.269. The normalized spacial score (nSPS) is 15.8. The number of nitrogens with zero attached hydrogens (tertiary/aromatic N) is 3. The molecular weight excluding hydrogens is 502 g/mol. The summed E-state index contributed by atoms with van der Waals surface area (Å²) in [6.07, 6.45) is 3.09. The summed E-state index contributed by atoms with van der Waals surface area (Å²) in [7, 11) is 0. The minimum Gasteiger partial charge on any atom is -0.268 e. The molecule has 34 heavy (non-hydrogen) atoms. The Morgan fingerprint density at radius 1 is 1.18 bits per heavy atom. The van der Waals surface area contributed by atoms with Gasteiger partial charge in [-0.15, -0.1) is 22.7 Å². The van der Waals surface area contributed by atoms with E-state index in [9.17, 15) is 4.79 Å². The van der Waals surface area contributed by atoms with Gasteiger partial charge in [-0.2, -0.15) is 0 Å². The van der Waals surface area contributed by atoms with E-state index in [1.165, 1.54) is 15.1 Å². The Hall–Kier alpha value is -2.19. The second-order valence-corrected chi connectivity index (χ2v) is 12.4. The number of halogens is 1. The lowest BCUT2D eigenvalue weighted by Crippen LogP contribution is -2.22. The fourth-order valence-corrected chi connectivity index (χ4v) is 8.10. The lowest BCUT2D eigenvalue weighted by atomic mass is 9.89. The third kappa shape index (κ3) is 3.88. The number of thiophene rings is 1. The van der Waals surface area contributed by atoms with Gasteiger partial charge in [-0.25, -0.2) is 9.97 Å². The summed E-state index contributed by atoms with van der Waals surface area (Å²) < 4.78 is 2.92. The Morgan fingerprint density at radius 3 is 2.85 bits per heavy atom. The molecule has 3 heterocycles. The molecule has 0 radical (unpaired) electrons. The van der Waals surface area contributed by atoms with E-state index in [0.29, 0.717) is 21.8 Å². The van der Waals surface area contributed by atoms with Crippen molar-refractivity contribution in [2.75, 3.05) is 0 Å². The van der Waals surface area contributed by atoms with Gasteiger partial charge in [-0.3, -0.25) is 9.36 Å². The molecule has 2 aromatic carbocycles. The van der Waals surface area contributed by atoms with E-state index in [2.05, 4.69) is 13.0 Å². The molecule has 5 aromatic rings. The number of benzene rings is 2. The van der Waals surface area contributed by atoms with Gasteiger partial charge in [0.15, 0.2) is 5.16 Å². The van der Waals surface area contributed by atoms with E-state index in [1.54, 1.807) is 39.0 Å². The highest BCUT2D eigenvalue weighted by Gasteiger charge is 2.25. The molecule has 0 N–H and O–H groups in total. The molecule has 6 rings (SSSR count). The molecule has 1 atom stereocenters. The van der Waals surface area contributed by atoms with Crippen LogP contribution in [0.1, 0.15) is 34.4 Å². The molecule has 0 amide bonds. The monoisotopic (exact) mass is 523 g/mol. The van der Waals surface area contributed by atoms with Gasteiger partial charge >= 0.3 is 0 Å². The van der Waals surface area contributed by atoms with Crippen LogP contribution in [0.5, 0.6) is 0 Å². The van der Waals surface area contributed by atoms with Gasteiger partial charge in [0.2, 0.25) is 0 Å². The number of rotatable bonds is 4. The van der Waals surface area contributed by atoms with Gasteiger partial charge in [-0.1, -0.05) is 48.5 Å². The molecule has 0 saturated carbocycles. The van der Waals surface area contributed by atoms with E-state index in [0.717, 1.165) is 51.3 Å². The van der Waals surface area contributed by atoms with Crippen LogP contribution in [0.3, 0.4) is 0 Å². The van der Waals surface area contributed by atoms with Crippen molar-refractivity contribution in [2.45, 2.75) is 44.0 Å². The number of aromatic nitrogens is 3. The van der Waals surface area contributed by atoms with Crippen LogP contribution < -0.4 is 5.56 Å². The molecule has 3 aromatic heterocycles. The molecule has 8 heteroatoms. The van der Waals surface area contributed by atoms with E-state index >= 15 is 0 Å². The average molecular weight is 524 g/mol. The number of thiazole rings is 1. The SMILES string of the molecule is Cc1ccc(-n2c(SCc3nc4ccccc4s3)nc3sc4c(c3c2=O)CC[C@H](C)C4)cc1Cl. The first-order chi connectivity index (χ1) is 16.5. The lowest BCUT2D eigenvalue weighted by molar-refractivity contribution is 0.509. The topological polar surface area (TPSA) is 47.8 Å². The van der Waals surface area contributed by atoms with Gasteiger partial charge < -0.3 is 0 Å². The molecule has 0 fully saturated rings. The lowest BCUT2D eigenvalue weighted by Gasteiger charge is -2.18. The fourth-order valence-electron chi connectivity index (χ4n) is 4.52. The van der Waals surface area contributed by atoms with E-state index in [4.69, 9.17) is 21.6 Å². The van der Waals surface area contributed by atoms with Gasteiger partial charge in [0.1, 0.15) is 9.84 Å². The largest absolute Gasteiger partial charge is 0.268 e. The first-order valence-corrected chi connectivity index (χ1v) is 14.3. The molecule has 0 unspecified atom stereocenters. The van der Waals surface area contributed by atoms with Crippen LogP contribution in [0, 0.1) is 12.8 Å². The Kier molecular flexibility index (Phi) is 5.76. The van der Waals surface area contributed by atoms with E-state index in [-0.39, 0.29) is 5.56 Å². The average Bonchev–Trinajstić information content (AvgIpc) is 3.40. The summed E-state index contributed by atoms with van der Waals surface area (Å²) in [5.41, 5.74) is 3.95. The molecule has 0 saturated heterocycles. The third-order valence-corrected chi connectivity index (χ3v) is 10.1. The number of para-hydroxylation sites is 1. The number of aryl methyl sites for hydroxylation is 2. The maximum atomic E-state index is 14.0. The molecule has 1 aliphatic rings. The Bertz CT molecular complexity index is 1580. The van der Waals surface area contributed by atoms with E-state index < -0.39 is 0 Å². The summed E-state index contributed by atoms with van der Waals surface area (Å²) in [5, 5.41) is 3.14. The molecule has 4 nitrogen and oxygen atoms in total. The van der Waals surface area contributed by atoms with Crippen LogP contribution in [-0.2, 0) is 18.6 Å². The van der Waals surface area contributed by atoms with Crippen molar-refractivity contribution in [1.82, 2.24) is 14.5 Å². The van der Waals surface area contributed by atoms with Crippen LogP contribution in [-0.4, -0.2) is 14.5 Å². The van der Waals surface area contributed by atoms with Crippen molar-refractivity contribution in [3.8, 4) is 5.69 Å². The predicted octanol–water partition coefficient (Wildman–Crippen LogP) is 7.44. The summed E-state index contributed by atoms with van der Waals surface area (Å²) >= 11 is 11.4. The first-order valence-electron chi connectivity index (χ1n) is 11.3. The van der Waals surface area contributed by atoms with Gasteiger partial charge in [0.05, 0.1) is 27.0 Å². The van der Waals surface area contributed by atoms with Crippen LogP contribution in [0.2, 0.25) is 5.02 Å². The minimum absolute atomic E-state index is 0.00349. The van der Waals surface area contributed by atoms with Crippen molar-refractivity contribution >= 4 is 66.5 Å². The standard InChI is InChI=1S/C26H22ClN3OS3/c1-14-7-10-17-21(11-14)34-24-23(17)25(31)30(16-9-8-15(2)18(27)12-16)26(29-24)32-13-22-28-19-5-3-4-6-20(19)33-22/h3-6,8-9,12,14H,7,10-11,13H2,1-2H3/t14-/m0/s1. The van der Waals surface area contributed by atoms with Crippen LogP contribution in [0.25, 0.3) is 26.1 Å². The summed E-state index contributed by atoms with van der Waals surface area (Å²) in [6, 6.07) is 13.9. The first kappa shape index (κ1) is 22.3. The molecule has 0 spiro atoms. The Balaban J connectivity index is 1.49. The van der Waals surface area contributed by atoms with Crippen LogP contribution in [0.15, 0.2) is 52.4 Å². The zero-order chi connectivity index (χ0) is 23.4. The highest BCUT2D eigenvalue weighted by Crippen LogP contribution is 2.38. The molecule has 0 bridgehead atoms. The van der Waals surface area contributed by atoms with Crippen molar-refractivity contribution in [2.24, 2.45) is 5.92 Å². The number of hydrogen-bond donors (Lipinski definition) is 0. The minimum atomic E-state index is 0.00349. The second kappa shape index (κ2) is 8.79.